The highest BCUT2D eigenvalue weighted by Crippen LogP contribution is 2.27. The number of aryl methyl sites for hydroxylation is 1. The predicted molar refractivity (Wildman–Crippen MR) is 101 cm³/mol. The summed E-state index contributed by atoms with van der Waals surface area (Å²) in [5.41, 5.74) is 1.18. The number of imide groups is 1. The molecule has 7 heteroatoms. The van der Waals surface area contributed by atoms with Crippen LogP contribution in [0.5, 0.6) is 0 Å². The fourth-order valence-corrected chi connectivity index (χ4v) is 3.33. The molecular formula is C20H27N3O4. The molecule has 0 saturated carbocycles. The van der Waals surface area contributed by atoms with Gasteiger partial charge in [0.15, 0.2) is 0 Å². The van der Waals surface area contributed by atoms with Gasteiger partial charge in [-0.15, -0.1) is 0 Å². The average molecular weight is 373 g/mol. The number of ketones is 1. The standard InChI is InChI=1S/C17H19N3O4.C3H8/c1-3-11-4-5-12-8-20(14(22)13(12)6-11)9-17(7-10(2)21)15(23)18-16(24)19-17;1-3-2/h4-6H,3,7-9H2,1-2H3,(H2,18,19,23,24);3H2,1-2H3. The van der Waals surface area contributed by atoms with Crippen molar-refractivity contribution >= 4 is 23.6 Å². The van der Waals surface area contributed by atoms with Gasteiger partial charge in [0.1, 0.15) is 11.3 Å². The van der Waals surface area contributed by atoms with Crippen LogP contribution in [0.4, 0.5) is 4.79 Å². The predicted octanol–water partition coefficient (Wildman–Crippen LogP) is 2.18. The van der Waals surface area contributed by atoms with Crippen molar-refractivity contribution in [3.05, 3.63) is 34.9 Å². The molecule has 27 heavy (non-hydrogen) atoms. The van der Waals surface area contributed by atoms with Crippen LogP contribution in [0.1, 0.15) is 62.0 Å². The Labute approximate surface area is 159 Å². The van der Waals surface area contributed by atoms with Gasteiger partial charge in [-0.3, -0.25) is 19.7 Å². The number of Topliss-reactive ketones (excluding diaryl/α,β-unsaturated/α-hetero) is 1. The molecule has 2 aliphatic rings. The molecule has 0 aliphatic carbocycles. The van der Waals surface area contributed by atoms with Gasteiger partial charge in [-0.05, 0) is 30.5 Å². The number of rotatable bonds is 5. The summed E-state index contributed by atoms with van der Waals surface area (Å²) < 4.78 is 0. The van der Waals surface area contributed by atoms with Crippen LogP contribution in [0.2, 0.25) is 0 Å². The summed E-state index contributed by atoms with van der Waals surface area (Å²) in [6.45, 7) is 7.95. The fourth-order valence-electron chi connectivity index (χ4n) is 3.33. The third-order valence-electron chi connectivity index (χ3n) is 4.49. The second-order valence-corrected chi connectivity index (χ2v) is 7.08. The van der Waals surface area contributed by atoms with E-state index in [0.717, 1.165) is 17.5 Å². The normalized spacial score (nSPS) is 20.6. The van der Waals surface area contributed by atoms with E-state index >= 15 is 0 Å². The number of nitrogens with zero attached hydrogens (tertiary/aromatic N) is 1. The number of hydrogen-bond acceptors (Lipinski definition) is 4. The number of urea groups is 1. The molecule has 146 valence electrons. The van der Waals surface area contributed by atoms with E-state index in [4.69, 9.17) is 0 Å². The van der Waals surface area contributed by atoms with E-state index in [1.807, 2.05) is 25.1 Å². The Morgan fingerprint density at radius 2 is 1.85 bits per heavy atom. The number of amides is 4. The number of hydrogen-bond donors (Lipinski definition) is 2. The Kier molecular flexibility index (Phi) is 6.36. The molecule has 1 unspecified atom stereocenters. The summed E-state index contributed by atoms with van der Waals surface area (Å²) >= 11 is 0. The van der Waals surface area contributed by atoms with Crippen molar-refractivity contribution in [1.29, 1.82) is 0 Å². The van der Waals surface area contributed by atoms with Crippen molar-refractivity contribution in [3.63, 3.8) is 0 Å². The Morgan fingerprint density at radius 3 is 2.37 bits per heavy atom. The molecule has 1 saturated heterocycles. The molecule has 0 spiro atoms. The molecule has 1 fully saturated rings. The molecule has 0 aromatic heterocycles. The topological polar surface area (TPSA) is 95.6 Å². The minimum absolute atomic E-state index is 0.0286. The number of benzene rings is 1. The monoisotopic (exact) mass is 373 g/mol. The zero-order chi connectivity index (χ0) is 20.2. The first-order valence-electron chi connectivity index (χ1n) is 9.30. The fraction of sp³-hybridized carbons (Fsp3) is 0.500. The van der Waals surface area contributed by atoms with Gasteiger partial charge in [0.25, 0.3) is 11.8 Å². The number of carbonyl (C=O) groups excluding carboxylic acids is 4. The van der Waals surface area contributed by atoms with Gasteiger partial charge >= 0.3 is 6.03 Å². The molecule has 1 atom stereocenters. The van der Waals surface area contributed by atoms with Gasteiger partial charge in [0, 0.05) is 18.5 Å². The highest BCUT2D eigenvalue weighted by atomic mass is 16.2. The molecule has 0 radical (unpaired) electrons. The molecule has 2 aliphatic heterocycles. The summed E-state index contributed by atoms with van der Waals surface area (Å²) in [4.78, 5) is 49.5. The highest BCUT2D eigenvalue weighted by Gasteiger charge is 2.49. The van der Waals surface area contributed by atoms with Crippen LogP contribution < -0.4 is 10.6 Å². The lowest BCUT2D eigenvalue weighted by Crippen LogP contribution is -2.56. The molecule has 7 nitrogen and oxygen atoms in total. The van der Waals surface area contributed by atoms with Crippen LogP contribution in [-0.2, 0) is 22.6 Å². The summed E-state index contributed by atoms with van der Waals surface area (Å²) in [5, 5.41) is 4.69. The summed E-state index contributed by atoms with van der Waals surface area (Å²) in [6.07, 6.45) is 1.93. The maximum atomic E-state index is 12.7. The maximum Gasteiger partial charge on any atom is 0.322 e. The third kappa shape index (κ3) is 4.35. The van der Waals surface area contributed by atoms with Crippen LogP contribution in [0, 0.1) is 0 Å². The number of fused-ring (bicyclic) bond motifs is 1. The van der Waals surface area contributed by atoms with E-state index in [9.17, 15) is 19.2 Å². The number of nitrogens with one attached hydrogen (secondary N) is 2. The summed E-state index contributed by atoms with van der Waals surface area (Å²) in [5.74, 6) is -0.984. The Hall–Kier alpha value is -2.70. The first-order chi connectivity index (χ1) is 12.8. The van der Waals surface area contributed by atoms with E-state index in [1.165, 1.54) is 18.2 Å². The van der Waals surface area contributed by atoms with Gasteiger partial charge in [-0.2, -0.15) is 0 Å². The Morgan fingerprint density at radius 1 is 1.19 bits per heavy atom. The second-order valence-electron chi connectivity index (χ2n) is 7.08. The minimum Gasteiger partial charge on any atom is -0.331 e. The zero-order valence-corrected chi connectivity index (χ0v) is 16.3. The zero-order valence-electron chi connectivity index (χ0n) is 16.3. The SMILES string of the molecule is CCC.CCc1ccc2c(c1)C(=O)N(CC1(CC(C)=O)NC(=O)NC1=O)C2. The molecule has 2 N–H and O–H groups in total. The first kappa shape index (κ1) is 20.6. The highest BCUT2D eigenvalue weighted by molar-refractivity contribution is 6.09. The lowest BCUT2D eigenvalue weighted by Gasteiger charge is -2.30. The van der Waals surface area contributed by atoms with Gasteiger partial charge in [-0.1, -0.05) is 39.3 Å². The first-order valence-corrected chi connectivity index (χ1v) is 9.30. The van der Waals surface area contributed by atoms with Crippen molar-refractivity contribution in [2.75, 3.05) is 6.54 Å². The van der Waals surface area contributed by atoms with Crippen LogP contribution in [0.15, 0.2) is 18.2 Å². The maximum absolute atomic E-state index is 12.7. The molecule has 1 aromatic carbocycles. The number of carbonyl (C=O) groups is 4. The summed E-state index contributed by atoms with van der Waals surface area (Å²) in [6, 6.07) is 5.11. The molecule has 0 bridgehead atoms. The van der Waals surface area contributed by atoms with E-state index < -0.39 is 17.5 Å². The van der Waals surface area contributed by atoms with Crippen molar-refractivity contribution in [2.45, 2.75) is 59.0 Å². The largest absolute Gasteiger partial charge is 0.331 e. The lowest BCUT2D eigenvalue weighted by molar-refractivity contribution is -0.129. The molecule has 4 amide bonds. The second kappa shape index (κ2) is 8.33. The van der Waals surface area contributed by atoms with Crippen molar-refractivity contribution in [1.82, 2.24) is 15.5 Å². The molecule has 2 heterocycles. The smallest absolute Gasteiger partial charge is 0.322 e. The van der Waals surface area contributed by atoms with E-state index in [2.05, 4.69) is 24.5 Å². The van der Waals surface area contributed by atoms with E-state index in [1.54, 1.807) is 0 Å². The van der Waals surface area contributed by atoms with Crippen LogP contribution in [0.25, 0.3) is 0 Å². The van der Waals surface area contributed by atoms with Gasteiger partial charge in [0.2, 0.25) is 0 Å². The van der Waals surface area contributed by atoms with E-state index in [-0.39, 0.29) is 24.7 Å². The van der Waals surface area contributed by atoms with Gasteiger partial charge < -0.3 is 10.2 Å². The molecular weight excluding hydrogens is 346 g/mol. The molecule has 1 aromatic rings. The summed E-state index contributed by atoms with van der Waals surface area (Å²) in [7, 11) is 0. The third-order valence-corrected chi connectivity index (χ3v) is 4.49. The van der Waals surface area contributed by atoms with Gasteiger partial charge in [-0.25, -0.2) is 4.79 Å². The minimum atomic E-state index is -1.39. The van der Waals surface area contributed by atoms with Crippen molar-refractivity contribution in [2.24, 2.45) is 0 Å². The van der Waals surface area contributed by atoms with Gasteiger partial charge in [0.05, 0.1) is 6.54 Å². The van der Waals surface area contributed by atoms with Crippen LogP contribution in [-0.4, -0.2) is 40.6 Å². The van der Waals surface area contributed by atoms with Crippen molar-refractivity contribution in [3.8, 4) is 0 Å². The molecule has 3 rings (SSSR count). The van der Waals surface area contributed by atoms with E-state index in [0.29, 0.717) is 12.1 Å². The Bertz CT molecular complexity index is 774. The Balaban J connectivity index is 0.000000817. The van der Waals surface area contributed by atoms with Crippen molar-refractivity contribution < 1.29 is 19.2 Å². The van der Waals surface area contributed by atoms with Crippen LogP contribution in [0.3, 0.4) is 0 Å². The van der Waals surface area contributed by atoms with Crippen LogP contribution >= 0.6 is 0 Å². The lowest BCUT2D eigenvalue weighted by atomic mass is 9.92. The quantitative estimate of drug-likeness (QED) is 0.773. The average Bonchev–Trinajstić information content (AvgIpc) is 3.04.